The molecule has 0 saturated carbocycles. The Labute approximate surface area is 197 Å². The Morgan fingerprint density at radius 1 is 0.912 bits per heavy atom. The number of hydrogen-bond donors (Lipinski definition) is 1. The second-order valence-electron chi connectivity index (χ2n) is 8.59. The highest BCUT2D eigenvalue weighted by Gasteiger charge is 2.30. The Morgan fingerprint density at radius 2 is 1.53 bits per heavy atom. The van der Waals surface area contributed by atoms with Crippen molar-refractivity contribution in [2.75, 3.05) is 7.11 Å². The van der Waals surface area contributed by atoms with Crippen molar-refractivity contribution in [2.24, 2.45) is 5.92 Å². The number of ether oxygens (including phenoxy) is 1. The molecular weight excluding hydrogens is 441 g/mol. The minimum Gasteiger partial charge on any atom is -0.497 e. The number of methoxy groups -OCH3 is 1. The second-order valence-corrected chi connectivity index (χ2v) is 8.59. The fraction of sp³-hybridized carbons (Fsp3) is 0.250. The SMILES string of the molecule is COc1ccc(C=Cc2cc(-c3ccc(C(F)(F)F)cc3)cc(C(CC(C)C)C(=O)O)c2)cc1. The van der Waals surface area contributed by atoms with Gasteiger partial charge in [-0.2, -0.15) is 13.2 Å². The minimum absolute atomic E-state index is 0.161. The van der Waals surface area contributed by atoms with E-state index in [-0.39, 0.29) is 5.92 Å². The van der Waals surface area contributed by atoms with Crippen LogP contribution in [0.1, 0.15) is 48.4 Å². The fourth-order valence-electron chi connectivity index (χ4n) is 3.75. The first kappa shape index (κ1) is 25.1. The van der Waals surface area contributed by atoms with E-state index < -0.39 is 23.6 Å². The summed E-state index contributed by atoms with van der Waals surface area (Å²) in [5, 5.41) is 9.86. The first-order valence-electron chi connectivity index (χ1n) is 10.9. The molecule has 3 aromatic rings. The van der Waals surface area contributed by atoms with Crippen LogP contribution in [0.4, 0.5) is 13.2 Å². The lowest BCUT2D eigenvalue weighted by Crippen LogP contribution is -2.14. The normalized spacial score (nSPS) is 12.8. The predicted molar refractivity (Wildman–Crippen MR) is 129 cm³/mol. The molecule has 3 nitrogen and oxygen atoms in total. The molecule has 1 unspecified atom stereocenters. The van der Waals surface area contributed by atoms with Gasteiger partial charge in [0.05, 0.1) is 18.6 Å². The van der Waals surface area contributed by atoms with E-state index in [2.05, 4.69) is 0 Å². The van der Waals surface area contributed by atoms with Crippen LogP contribution in [-0.4, -0.2) is 18.2 Å². The number of halogens is 3. The van der Waals surface area contributed by atoms with Gasteiger partial charge in [-0.15, -0.1) is 0 Å². The number of carboxylic acid groups (broad SMARTS) is 1. The summed E-state index contributed by atoms with van der Waals surface area (Å²) in [5.41, 5.74) is 2.83. The van der Waals surface area contributed by atoms with Gasteiger partial charge in [0.25, 0.3) is 0 Å². The molecule has 0 fully saturated rings. The van der Waals surface area contributed by atoms with E-state index in [1.807, 2.05) is 62.4 Å². The molecule has 0 radical (unpaired) electrons. The monoisotopic (exact) mass is 468 g/mol. The zero-order valence-electron chi connectivity index (χ0n) is 19.3. The van der Waals surface area contributed by atoms with Crippen LogP contribution < -0.4 is 4.74 Å². The van der Waals surface area contributed by atoms with Gasteiger partial charge in [-0.05, 0) is 70.5 Å². The number of benzene rings is 3. The number of hydrogen-bond acceptors (Lipinski definition) is 2. The molecule has 0 saturated heterocycles. The first-order chi connectivity index (χ1) is 16.1. The van der Waals surface area contributed by atoms with Crippen molar-refractivity contribution in [1.82, 2.24) is 0 Å². The summed E-state index contributed by atoms with van der Waals surface area (Å²) in [6, 6.07) is 17.8. The number of carboxylic acids is 1. The van der Waals surface area contributed by atoms with Crippen molar-refractivity contribution in [3.05, 3.63) is 89.0 Å². The first-order valence-corrected chi connectivity index (χ1v) is 10.9. The maximum Gasteiger partial charge on any atom is 0.416 e. The van der Waals surface area contributed by atoms with Crippen molar-refractivity contribution in [2.45, 2.75) is 32.4 Å². The van der Waals surface area contributed by atoms with Crippen molar-refractivity contribution < 1.29 is 27.8 Å². The maximum atomic E-state index is 13.0. The van der Waals surface area contributed by atoms with Crippen LogP contribution in [-0.2, 0) is 11.0 Å². The molecule has 0 spiro atoms. The summed E-state index contributed by atoms with van der Waals surface area (Å²) >= 11 is 0. The number of aliphatic carboxylic acids is 1. The van der Waals surface area contributed by atoms with Crippen molar-refractivity contribution in [3.8, 4) is 16.9 Å². The molecule has 0 aromatic heterocycles. The van der Waals surface area contributed by atoms with Crippen LogP contribution in [0.15, 0.2) is 66.7 Å². The van der Waals surface area contributed by atoms with Gasteiger partial charge in [-0.3, -0.25) is 4.79 Å². The van der Waals surface area contributed by atoms with Crippen molar-refractivity contribution in [1.29, 1.82) is 0 Å². The van der Waals surface area contributed by atoms with E-state index in [1.165, 1.54) is 12.1 Å². The third kappa shape index (κ3) is 6.50. The Hall–Kier alpha value is -3.54. The van der Waals surface area contributed by atoms with E-state index in [4.69, 9.17) is 4.74 Å². The highest BCUT2D eigenvalue weighted by atomic mass is 19.4. The summed E-state index contributed by atoms with van der Waals surface area (Å²) in [6.07, 6.45) is -0.202. The van der Waals surface area contributed by atoms with Crippen molar-refractivity contribution >= 4 is 18.1 Å². The topological polar surface area (TPSA) is 46.5 Å². The molecule has 0 aliphatic rings. The molecule has 0 bridgehead atoms. The van der Waals surface area contributed by atoms with Crippen LogP contribution in [0.3, 0.4) is 0 Å². The largest absolute Gasteiger partial charge is 0.497 e. The van der Waals surface area contributed by atoms with E-state index >= 15 is 0 Å². The lowest BCUT2D eigenvalue weighted by molar-refractivity contribution is -0.139. The zero-order chi connectivity index (χ0) is 24.9. The lowest BCUT2D eigenvalue weighted by atomic mass is 9.87. The highest BCUT2D eigenvalue weighted by Crippen LogP contribution is 2.34. The van der Waals surface area contributed by atoms with Crippen LogP contribution >= 0.6 is 0 Å². The molecular formula is C28H27F3O3. The Bertz CT molecular complexity index is 1150. The standard InChI is InChI=1S/C28H27F3O3/c1-18(2)14-26(27(32)33)23-16-20(5-4-19-6-12-25(34-3)13-7-19)15-22(17-23)21-8-10-24(11-9-21)28(29,30)31/h4-13,15-18,26H,14H2,1-3H3,(H,32,33). The van der Waals surface area contributed by atoms with Gasteiger partial charge >= 0.3 is 12.1 Å². The van der Waals surface area contributed by atoms with Gasteiger partial charge < -0.3 is 9.84 Å². The Balaban J connectivity index is 2.05. The van der Waals surface area contributed by atoms with Gasteiger partial charge in [0.2, 0.25) is 0 Å². The predicted octanol–water partition coefficient (Wildman–Crippen LogP) is 7.77. The molecule has 0 amide bonds. The zero-order valence-corrected chi connectivity index (χ0v) is 19.3. The van der Waals surface area contributed by atoms with E-state index in [0.29, 0.717) is 23.1 Å². The van der Waals surface area contributed by atoms with Gasteiger partial charge in [-0.25, -0.2) is 0 Å². The molecule has 0 aliphatic heterocycles. The molecule has 3 aromatic carbocycles. The molecule has 178 valence electrons. The third-order valence-electron chi connectivity index (χ3n) is 5.51. The van der Waals surface area contributed by atoms with E-state index in [0.717, 1.165) is 29.0 Å². The quantitative estimate of drug-likeness (QED) is 0.344. The summed E-state index contributed by atoms with van der Waals surface area (Å²) in [6.45, 7) is 3.92. The highest BCUT2D eigenvalue weighted by molar-refractivity contribution is 5.80. The molecule has 1 atom stereocenters. The van der Waals surface area contributed by atoms with Crippen molar-refractivity contribution in [3.63, 3.8) is 0 Å². The average Bonchev–Trinajstić information content (AvgIpc) is 2.80. The second kappa shape index (κ2) is 10.6. The van der Waals surface area contributed by atoms with E-state index in [9.17, 15) is 23.1 Å². The lowest BCUT2D eigenvalue weighted by Gasteiger charge is -2.17. The molecule has 0 aliphatic carbocycles. The van der Waals surface area contributed by atoms with E-state index in [1.54, 1.807) is 13.2 Å². The molecule has 0 heterocycles. The fourth-order valence-corrected chi connectivity index (χ4v) is 3.75. The number of alkyl halides is 3. The Kier molecular flexibility index (Phi) is 7.82. The summed E-state index contributed by atoms with van der Waals surface area (Å²) in [7, 11) is 1.59. The summed E-state index contributed by atoms with van der Waals surface area (Å²) in [4.78, 5) is 12.0. The van der Waals surface area contributed by atoms with Gasteiger partial charge in [0.15, 0.2) is 0 Å². The van der Waals surface area contributed by atoms with Crippen LogP contribution in [0.25, 0.3) is 23.3 Å². The Morgan fingerprint density at radius 3 is 2.06 bits per heavy atom. The average molecular weight is 469 g/mol. The summed E-state index contributed by atoms with van der Waals surface area (Å²) in [5.74, 6) is -0.748. The smallest absolute Gasteiger partial charge is 0.416 e. The summed E-state index contributed by atoms with van der Waals surface area (Å²) < 4.78 is 44.2. The molecule has 34 heavy (non-hydrogen) atoms. The molecule has 3 rings (SSSR count). The number of rotatable bonds is 8. The maximum absolute atomic E-state index is 13.0. The van der Waals surface area contributed by atoms with Gasteiger partial charge in [0, 0.05) is 0 Å². The van der Waals surface area contributed by atoms with Crippen LogP contribution in [0.2, 0.25) is 0 Å². The van der Waals surface area contributed by atoms with Gasteiger partial charge in [-0.1, -0.05) is 62.4 Å². The van der Waals surface area contributed by atoms with Gasteiger partial charge in [0.1, 0.15) is 5.75 Å². The molecule has 1 N–H and O–H groups in total. The number of carbonyl (C=O) groups is 1. The van der Waals surface area contributed by atoms with Crippen LogP contribution in [0.5, 0.6) is 5.75 Å². The third-order valence-corrected chi connectivity index (χ3v) is 5.51. The minimum atomic E-state index is -4.42. The molecule has 6 heteroatoms. The van der Waals surface area contributed by atoms with Crippen LogP contribution in [0, 0.1) is 5.92 Å².